The summed E-state index contributed by atoms with van der Waals surface area (Å²) in [4.78, 5) is 4.55. The fourth-order valence-corrected chi connectivity index (χ4v) is 1.93. The lowest BCUT2D eigenvalue weighted by Crippen LogP contribution is -2.14. The van der Waals surface area contributed by atoms with Crippen LogP contribution in [0, 0.1) is 12.8 Å². The normalized spacial score (nSPS) is 12.2. The van der Waals surface area contributed by atoms with Crippen molar-refractivity contribution in [3.63, 3.8) is 0 Å². The summed E-state index contributed by atoms with van der Waals surface area (Å²) in [5.41, 5.74) is 4.15. The van der Waals surface area contributed by atoms with Crippen LogP contribution < -0.4 is 0 Å². The Hall–Kier alpha value is -0.850. The van der Waals surface area contributed by atoms with Gasteiger partial charge in [0.05, 0.1) is 0 Å². The monoisotopic (exact) mass is 205 g/mol. The van der Waals surface area contributed by atoms with Gasteiger partial charge in [0.15, 0.2) is 0 Å². The zero-order valence-corrected chi connectivity index (χ0v) is 10.9. The first-order chi connectivity index (χ1) is 6.80. The van der Waals surface area contributed by atoms with Crippen LogP contribution >= 0.6 is 0 Å². The van der Waals surface area contributed by atoms with E-state index in [2.05, 4.69) is 52.6 Å². The highest BCUT2D eigenvalue weighted by Crippen LogP contribution is 2.25. The van der Waals surface area contributed by atoms with Gasteiger partial charge in [0.25, 0.3) is 0 Å². The fraction of sp³-hybridized carbons (Fsp3) is 0.643. The van der Waals surface area contributed by atoms with Crippen LogP contribution in [0.1, 0.15) is 51.4 Å². The molecular formula is C14H23N. The molecule has 0 aromatic carbocycles. The highest BCUT2D eigenvalue weighted by atomic mass is 14.7. The third-order valence-electron chi connectivity index (χ3n) is 2.59. The van der Waals surface area contributed by atoms with Crippen LogP contribution in [0.15, 0.2) is 12.3 Å². The Balaban J connectivity index is 2.99. The fourth-order valence-electron chi connectivity index (χ4n) is 1.93. The summed E-state index contributed by atoms with van der Waals surface area (Å²) in [6, 6.07) is 2.24. The summed E-state index contributed by atoms with van der Waals surface area (Å²) >= 11 is 0. The standard InChI is InChI=1S/C14H23N/c1-10(2)7-12-8-11(3)13(9-15-12)14(4,5)6/h8-10H,7H2,1-6H3. The third kappa shape index (κ3) is 3.33. The molecule has 0 fully saturated rings. The van der Waals surface area contributed by atoms with Crippen LogP contribution in [0.3, 0.4) is 0 Å². The Morgan fingerprint density at radius 2 is 1.87 bits per heavy atom. The highest BCUT2D eigenvalue weighted by Gasteiger charge is 2.16. The predicted octanol–water partition coefficient (Wildman–Crippen LogP) is 3.89. The first-order valence-corrected chi connectivity index (χ1v) is 5.76. The SMILES string of the molecule is Cc1cc(CC(C)C)ncc1C(C)(C)C. The van der Waals surface area contributed by atoms with Crippen LogP contribution in [-0.4, -0.2) is 4.98 Å². The van der Waals surface area contributed by atoms with Crippen LogP contribution in [0.25, 0.3) is 0 Å². The third-order valence-corrected chi connectivity index (χ3v) is 2.59. The lowest BCUT2D eigenvalue weighted by atomic mass is 9.85. The molecule has 0 aliphatic rings. The van der Waals surface area contributed by atoms with Crippen LogP contribution in [0.4, 0.5) is 0 Å². The molecule has 0 aliphatic heterocycles. The lowest BCUT2D eigenvalue weighted by Gasteiger charge is -2.21. The Kier molecular flexibility index (Phi) is 3.54. The molecule has 0 amide bonds. The molecule has 1 heteroatoms. The topological polar surface area (TPSA) is 12.9 Å². The van der Waals surface area contributed by atoms with Crippen LogP contribution in [-0.2, 0) is 11.8 Å². The van der Waals surface area contributed by atoms with E-state index >= 15 is 0 Å². The molecule has 0 unspecified atom stereocenters. The number of hydrogen-bond donors (Lipinski definition) is 0. The van der Waals surface area contributed by atoms with Crippen molar-refractivity contribution >= 4 is 0 Å². The maximum Gasteiger partial charge on any atom is 0.0409 e. The largest absolute Gasteiger partial charge is 0.261 e. The average molecular weight is 205 g/mol. The number of nitrogens with zero attached hydrogens (tertiary/aromatic N) is 1. The molecule has 0 N–H and O–H groups in total. The first kappa shape index (κ1) is 12.2. The van der Waals surface area contributed by atoms with Gasteiger partial charge in [-0.25, -0.2) is 0 Å². The quantitative estimate of drug-likeness (QED) is 0.714. The second-order valence-electron chi connectivity index (χ2n) is 5.84. The van der Waals surface area contributed by atoms with Gasteiger partial charge in [-0.1, -0.05) is 34.6 Å². The summed E-state index contributed by atoms with van der Waals surface area (Å²) in [5.74, 6) is 0.678. The summed E-state index contributed by atoms with van der Waals surface area (Å²) < 4.78 is 0. The van der Waals surface area contributed by atoms with Crippen LogP contribution in [0.2, 0.25) is 0 Å². The van der Waals surface area contributed by atoms with E-state index in [1.54, 1.807) is 0 Å². The van der Waals surface area contributed by atoms with E-state index < -0.39 is 0 Å². The van der Waals surface area contributed by atoms with E-state index in [1.165, 1.54) is 16.8 Å². The van der Waals surface area contributed by atoms with E-state index in [0.29, 0.717) is 5.92 Å². The predicted molar refractivity (Wildman–Crippen MR) is 66.2 cm³/mol. The molecule has 15 heavy (non-hydrogen) atoms. The average Bonchev–Trinajstić information content (AvgIpc) is 1.99. The Labute approximate surface area is 93.9 Å². The number of rotatable bonds is 2. The summed E-state index contributed by atoms with van der Waals surface area (Å²) in [6.07, 6.45) is 3.12. The molecule has 1 aromatic rings. The molecule has 0 saturated carbocycles. The van der Waals surface area contributed by atoms with Crippen molar-refractivity contribution in [1.82, 2.24) is 4.98 Å². The molecule has 0 radical (unpaired) electrons. The van der Waals surface area contributed by atoms with E-state index in [1.807, 2.05) is 6.20 Å². The zero-order valence-electron chi connectivity index (χ0n) is 10.9. The van der Waals surface area contributed by atoms with Crippen LogP contribution in [0.5, 0.6) is 0 Å². The van der Waals surface area contributed by atoms with Gasteiger partial charge in [0, 0.05) is 11.9 Å². The maximum absolute atomic E-state index is 4.55. The van der Waals surface area contributed by atoms with Gasteiger partial charge in [-0.05, 0) is 41.9 Å². The van der Waals surface area contributed by atoms with Crippen molar-refractivity contribution in [3.05, 3.63) is 29.1 Å². The van der Waals surface area contributed by atoms with Gasteiger partial charge in [-0.15, -0.1) is 0 Å². The van der Waals surface area contributed by atoms with Gasteiger partial charge in [0.1, 0.15) is 0 Å². The van der Waals surface area contributed by atoms with Crippen molar-refractivity contribution in [1.29, 1.82) is 0 Å². The Bertz CT molecular complexity index is 332. The number of pyridine rings is 1. The minimum absolute atomic E-state index is 0.202. The molecule has 0 bridgehead atoms. The molecular weight excluding hydrogens is 182 g/mol. The second kappa shape index (κ2) is 4.34. The smallest absolute Gasteiger partial charge is 0.0409 e. The van der Waals surface area contributed by atoms with Gasteiger partial charge in [-0.2, -0.15) is 0 Å². The first-order valence-electron chi connectivity index (χ1n) is 5.76. The van der Waals surface area contributed by atoms with E-state index in [9.17, 15) is 0 Å². The summed E-state index contributed by atoms with van der Waals surface area (Å²) in [6.45, 7) is 13.4. The molecule has 84 valence electrons. The molecule has 0 spiro atoms. The number of aromatic nitrogens is 1. The van der Waals surface area contributed by atoms with Gasteiger partial charge in [0.2, 0.25) is 0 Å². The zero-order chi connectivity index (χ0) is 11.6. The molecule has 0 saturated heterocycles. The minimum Gasteiger partial charge on any atom is -0.261 e. The molecule has 0 atom stereocenters. The number of hydrogen-bond acceptors (Lipinski definition) is 1. The van der Waals surface area contributed by atoms with E-state index in [-0.39, 0.29) is 5.41 Å². The lowest BCUT2D eigenvalue weighted by molar-refractivity contribution is 0.579. The van der Waals surface area contributed by atoms with Crippen molar-refractivity contribution in [2.45, 2.75) is 53.4 Å². The summed E-state index contributed by atoms with van der Waals surface area (Å²) in [5, 5.41) is 0. The van der Waals surface area contributed by atoms with Crippen molar-refractivity contribution in [2.24, 2.45) is 5.92 Å². The molecule has 1 heterocycles. The van der Waals surface area contributed by atoms with Crippen molar-refractivity contribution in [2.75, 3.05) is 0 Å². The Morgan fingerprint density at radius 3 is 2.27 bits per heavy atom. The van der Waals surface area contributed by atoms with Gasteiger partial charge in [-0.3, -0.25) is 4.98 Å². The van der Waals surface area contributed by atoms with Gasteiger partial charge >= 0.3 is 0 Å². The minimum atomic E-state index is 0.202. The maximum atomic E-state index is 4.55. The molecule has 1 nitrogen and oxygen atoms in total. The van der Waals surface area contributed by atoms with Gasteiger partial charge < -0.3 is 0 Å². The molecule has 0 aliphatic carbocycles. The molecule has 1 aromatic heterocycles. The molecule has 1 rings (SSSR count). The number of aryl methyl sites for hydroxylation is 1. The van der Waals surface area contributed by atoms with Crippen molar-refractivity contribution in [3.8, 4) is 0 Å². The van der Waals surface area contributed by atoms with E-state index in [4.69, 9.17) is 0 Å². The highest BCUT2D eigenvalue weighted by molar-refractivity contribution is 5.30. The Morgan fingerprint density at radius 1 is 1.27 bits per heavy atom. The van der Waals surface area contributed by atoms with Crippen molar-refractivity contribution < 1.29 is 0 Å². The summed E-state index contributed by atoms with van der Waals surface area (Å²) in [7, 11) is 0. The van der Waals surface area contributed by atoms with E-state index in [0.717, 1.165) is 6.42 Å². The second-order valence-corrected chi connectivity index (χ2v) is 5.84.